The molecule has 0 saturated carbocycles. The summed E-state index contributed by atoms with van der Waals surface area (Å²) in [5, 5.41) is 4.60. The first-order valence-electron chi connectivity index (χ1n) is 6.79. The van der Waals surface area contributed by atoms with Crippen LogP contribution in [0, 0.1) is 12.8 Å². The van der Waals surface area contributed by atoms with E-state index in [0.29, 0.717) is 5.92 Å². The fourth-order valence-electron chi connectivity index (χ4n) is 2.55. The number of hydrogen-bond donors (Lipinski definition) is 0. The number of hydrogen-bond acceptors (Lipinski definition) is 2. The highest BCUT2D eigenvalue weighted by atomic mass is 16.5. The molecule has 0 unspecified atom stereocenters. The number of ether oxygens (including phenoxy) is 1. The zero-order valence-electron chi connectivity index (χ0n) is 11.3. The highest BCUT2D eigenvalue weighted by molar-refractivity contribution is 5.12. The molecule has 1 saturated heterocycles. The SMILES string of the molecule is Cc1cc(C(C)C)n(CCC2CCOCC2)n1. The average Bonchev–Trinajstić information content (AvgIpc) is 2.69. The van der Waals surface area contributed by atoms with Crippen LogP contribution >= 0.6 is 0 Å². The van der Waals surface area contributed by atoms with Crippen molar-refractivity contribution in [3.63, 3.8) is 0 Å². The van der Waals surface area contributed by atoms with Gasteiger partial charge in [-0.15, -0.1) is 0 Å². The molecule has 1 aromatic rings. The van der Waals surface area contributed by atoms with Crippen LogP contribution in [0.25, 0.3) is 0 Å². The summed E-state index contributed by atoms with van der Waals surface area (Å²) in [6.07, 6.45) is 3.68. The summed E-state index contributed by atoms with van der Waals surface area (Å²) < 4.78 is 7.60. The largest absolute Gasteiger partial charge is 0.381 e. The molecular formula is C14H24N2O. The van der Waals surface area contributed by atoms with E-state index in [4.69, 9.17) is 4.74 Å². The van der Waals surface area contributed by atoms with E-state index in [0.717, 1.165) is 31.4 Å². The third kappa shape index (κ3) is 3.32. The van der Waals surface area contributed by atoms with Gasteiger partial charge in [0, 0.05) is 25.5 Å². The zero-order valence-corrected chi connectivity index (χ0v) is 11.3. The Morgan fingerprint density at radius 2 is 2.12 bits per heavy atom. The number of rotatable bonds is 4. The second kappa shape index (κ2) is 5.67. The minimum absolute atomic E-state index is 0.561. The Hall–Kier alpha value is -0.830. The molecule has 0 atom stereocenters. The highest BCUT2D eigenvalue weighted by Crippen LogP contribution is 2.21. The van der Waals surface area contributed by atoms with Gasteiger partial charge in [-0.25, -0.2) is 0 Å². The first-order valence-corrected chi connectivity index (χ1v) is 6.79. The van der Waals surface area contributed by atoms with Crippen molar-refractivity contribution in [1.29, 1.82) is 0 Å². The van der Waals surface area contributed by atoms with Gasteiger partial charge < -0.3 is 4.74 Å². The minimum atomic E-state index is 0.561. The molecule has 0 aliphatic carbocycles. The van der Waals surface area contributed by atoms with E-state index < -0.39 is 0 Å². The maximum absolute atomic E-state index is 5.40. The Kier molecular flexibility index (Phi) is 4.21. The smallest absolute Gasteiger partial charge is 0.0596 e. The molecule has 0 bridgehead atoms. The second-order valence-electron chi connectivity index (χ2n) is 5.43. The predicted molar refractivity (Wildman–Crippen MR) is 69.2 cm³/mol. The Morgan fingerprint density at radius 3 is 2.76 bits per heavy atom. The van der Waals surface area contributed by atoms with Gasteiger partial charge >= 0.3 is 0 Å². The van der Waals surface area contributed by atoms with Crippen LogP contribution in [0.4, 0.5) is 0 Å². The normalized spacial score (nSPS) is 17.9. The van der Waals surface area contributed by atoms with E-state index in [1.807, 2.05) is 0 Å². The van der Waals surface area contributed by atoms with Gasteiger partial charge in [0.05, 0.1) is 5.69 Å². The summed E-state index contributed by atoms with van der Waals surface area (Å²) in [6, 6.07) is 2.22. The Morgan fingerprint density at radius 1 is 1.41 bits per heavy atom. The lowest BCUT2D eigenvalue weighted by atomic mass is 9.96. The number of aryl methyl sites for hydroxylation is 2. The maximum atomic E-state index is 5.40. The molecule has 1 aromatic heterocycles. The van der Waals surface area contributed by atoms with Crippen molar-refractivity contribution in [2.75, 3.05) is 13.2 Å². The molecular weight excluding hydrogens is 212 g/mol. The topological polar surface area (TPSA) is 27.1 Å². The first-order chi connectivity index (χ1) is 8.16. The van der Waals surface area contributed by atoms with E-state index in [-0.39, 0.29) is 0 Å². The maximum Gasteiger partial charge on any atom is 0.0596 e. The van der Waals surface area contributed by atoms with Crippen LogP contribution in [0.15, 0.2) is 6.07 Å². The average molecular weight is 236 g/mol. The van der Waals surface area contributed by atoms with Gasteiger partial charge in [-0.2, -0.15) is 5.10 Å². The zero-order chi connectivity index (χ0) is 12.3. The molecule has 96 valence electrons. The lowest BCUT2D eigenvalue weighted by Gasteiger charge is -2.22. The molecule has 2 rings (SSSR count). The van der Waals surface area contributed by atoms with Crippen molar-refractivity contribution < 1.29 is 4.74 Å². The van der Waals surface area contributed by atoms with E-state index >= 15 is 0 Å². The van der Waals surface area contributed by atoms with Crippen LogP contribution in [-0.2, 0) is 11.3 Å². The van der Waals surface area contributed by atoms with Crippen molar-refractivity contribution in [3.05, 3.63) is 17.5 Å². The van der Waals surface area contributed by atoms with Crippen LogP contribution in [0.2, 0.25) is 0 Å². The Balaban J connectivity index is 1.93. The molecule has 0 spiro atoms. The Labute approximate surface area is 104 Å². The molecule has 1 aliphatic heterocycles. The predicted octanol–water partition coefficient (Wildman–Crippen LogP) is 3.13. The molecule has 1 fully saturated rings. The lowest BCUT2D eigenvalue weighted by Crippen LogP contribution is -2.18. The van der Waals surface area contributed by atoms with Crippen molar-refractivity contribution in [2.45, 2.75) is 52.5 Å². The van der Waals surface area contributed by atoms with Gasteiger partial charge in [0.15, 0.2) is 0 Å². The van der Waals surface area contributed by atoms with E-state index in [2.05, 4.69) is 36.6 Å². The number of aromatic nitrogens is 2. The standard InChI is InChI=1S/C14H24N2O/c1-11(2)14-10-12(3)15-16(14)7-4-13-5-8-17-9-6-13/h10-11,13H,4-9H2,1-3H3. The van der Waals surface area contributed by atoms with Crippen LogP contribution in [0.3, 0.4) is 0 Å². The van der Waals surface area contributed by atoms with Crippen LogP contribution in [-0.4, -0.2) is 23.0 Å². The molecule has 1 aliphatic rings. The molecule has 2 heterocycles. The van der Waals surface area contributed by atoms with Gasteiger partial charge in [-0.1, -0.05) is 13.8 Å². The molecule has 0 aromatic carbocycles. The third-order valence-corrected chi connectivity index (χ3v) is 3.61. The van der Waals surface area contributed by atoms with Crippen LogP contribution in [0.1, 0.15) is 50.4 Å². The van der Waals surface area contributed by atoms with Crippen molar-refractivity contribution in [3.8, 4) is 0 Å². The van der Waals surface area contributed by atoms with Gasteiger partial charge in [0.1, 0.15) is 0 Å². The molecule has 0 radical (unpaired) electrons. The summed E-state index contributed by atoms with van der Waals surface area (Å²) >= 11 is 0. The number of nitrogens with zero attached hydrogens (tertiary/aromatic N) is 2. The molecule has 0 amide bonds. The summed E-state index contributed by atoms with van der Waals surface area (Å²) in [4.78, 5) is 0. The van der Waals surface area contributed by atoms with E-state index in [1.165, 1.54) is 25.0 Å². The summed E-state index contributed by atoms with van der Waals surface area (Å²) in [5.74, 6) is 1.39. The molecule has 3 heteroatoms. The van der Waals surface area contributed by atoms with Crippen molar-refractivity contribution in [1.82, 2.24) is 9.78 Å². The second-order valence-corrected chi connectivity index (χ2v) is 5.43. The highest BCUT2D eigenvalue weighted by Gasteiger charge is 2.15. The van der Waals surface area contributed by atoms with Crippen molar-refractivity contribution in [2.24, 2.45) is 5.92 Å². The monoisotopic (exact) mass is 236 g/mol. The van der Waals surface area contributed by atoms with Crippen LogP contribution in [0.5, 0.6) is 0 Å². The molecule has 17 heavy (non-hydrogen) atoms. The summed E-state index contributed by atoms with van der Waals surface area (Å²) in [5.41, 5.74) is 2.51. The van der Waals surface area contributed by atoms with E-state index in [9.17, 15) is 0 Å². The quantitative estimate of drug-likeness (QED) is 0.803. The summed E-state index contributed by atoms with van der Waals surface area (Å²) in [6.45, 7) is 9.51. The van der Waals surface area contributed by atoms with Crippen LogP contribution < -0.4 is 0 Å². The van der Waals surface area contributed by atoms with Gasteiger partial charge in [0.25, 0.3) is 0 Å². The van der Waals surface area contributed by atoms with Gasteiger partial charge in [-0.3, -0.25) is 4.68 Å². The fourth-order valence-corrected chi connectivity index (χ4v) is 2.55. The fraction of sp³-hybridized carbons (Fsp3) is 0.786. The lowest BCUT2D eigenvalue weighted by molar-refractivity contribution is 0.0622. The van der Waals surface area contributed by atoms with Gasteiger partial charge in [0.2, 0.25) is 0 Å². The summed E-state index contributed by atoms with van der Waals surface area (Å²) in [7, 11) is 0. The minimum Gasteiger partial charge on any atom is -0.381 e. The molecule has 0 N–H and O–H groups in total. The van der Waals surface area contributed by atoms with Crippen molar-refractivity contribution >= 4 is 0 Å². The third-order valence-electron chi connectivity index (χ3n) is 3.61. The van der Waals surface area contributed by atoms with E-state index in [1.54, 1.807) is 0 Å². The molecule has 3 nitrogen and oxygen atoms in total. The van der Waals surface area contributed by atoms with Gasteiger partial charge in [-0.05, 0) is 44.1 Å². The first kappa shape index (κ1) is 12.6. The Bertz CT molecular complexity index is 351.